The van der Waals surface area contributed by atoms with Gasteiger partial charge in [-0.1, -0.05) is 20.8 Å². The van der Waals surface area contributed by atoms with Crippen LogP contribution in [-0.4, -0.2) is 34.2 Å². The van der Waals surface area contributed by atoms with E-state index < -0.39 is 14.5 Å². The minimum atomic E-state index is -1.78. The number of carbonyl (C=O) groups excluding carboxylic acids is 1. The minimum absolute atomic E-state index is 0.106. The van der Waals surface area contributed by atoms with Crippen LogP contribution < -0.4 is 0 Å². The highest BCUT2D eigenvalue weighted by Gasteiger charge is 2.41. The highest BCUT2D eigenvalue weighted by atomic mass is 32.1. The molecule has 154 valence electrons. The monoisotopic (exact) mass is 414 g/mol. The lowest BCUT2D eigenvalue weighted by Crippen LogP contribution is -2.42. The summed E-state index contributed by atoms with van der Waals surface area (Å²) in [6.07, 6.45) is 3.63. The molecule has 3 atom stereocenters. The van der Waals surface area contributed by atoms with Gasteiger partial charge in [0.25, 0.3) is 0 Å². The van der Waals surface area contributed by atoms with Gasteiger partial charge in [-0.25, -0.2) is 9.18 Å². The van der Waals surface area contributed by atoms with Crippen molar-refractivity contribution >= 4 is 25.6 Å². The van der Waals surface area contributed by atoms with Crippen LogP contribution in [0.4, 0.5) is 4.39 Å². The molecule has 0 spiro atoms. The van der Waals surface area contributed by atoms with Gasteiger partial charge >= 0.3 is 5.97 Å². The molecule has 0 amide bonds. The minimum Gasteiger partial charge on any atom is -0.465 e. The van der Waals surface area contributed by atoms with E-state index in [1.165, 1.54) is 18.4 Å². The predicted octanol–water partition coefficient (Wildman–Crippen LogP) is 6.24. The van der Waals surface area contributed by atoms with Crippen molar-refractivity contribution in [3.05, 3.63) is 21.9 Å². The SMILES string of the molecule is COC(=O)c1ccc(CCC[C@@H]2[C@@H](CO[Si](C)(C)C(C)(C)C)CC[C@H]2F)s1. The lowest BCUT2D eigenvalue weighted by atomic mass is 9.90. The average molecular weight is 415 g/mol. The quantitative estimate of drug-likeness (QED) is 0.373. The molecule has 0 bridgehead atoms. The number of carbonyl (C=O) groups is 1. The maximum Gasteiger partial charge on any atom is 0.348 e. The average Bonchev–Trinajstić information content (AvgIpc) is 3.19. The molecule has 0 radical (unpaired) electrons. The van der Waals surface area contributed by atoms with E-state index in [9.17, 15) is 9.18 Å². The van der Waals surface area contributed by atoms with Gasteiger partial charge in [0.1, 0.15) is 11.0 Å². The fraction of sp³-hybridized carbons (Fsp3) is 0.762. The number of rotatable bonds is 8. The van der Waals surface area contributed by atoms with E-state index in [4.69, 9.17) is 9.16 Å². The Hall–Kier alpha value is -0.723. The summed E-state index contributed by atoms with van der Waals surface area (Å²) in [5.74, 6) is 0.159. The summed E-state index contributed by atoms with van der Waals surface area (Å²) in [6.45, 7) is 12.0. The molecule has 0 aliphatic heterocycles. The predicted molar refractivity (Wildman–Crippen MR) is 113 cm³/mol. The third-order valence-corrected chi connectivity index (χ3v) is 12.0. The number of halogens is 1. The van der Waals surface area contributed by atoms with E-state index in [-0.39, 0.29) is 16.9 Å². The van der Waals surface area contributed by atoms with Gasteiger partial charge in [0.05, 0.1) is 7.11 Å². The molecule has 1 fully saturated rings. The van der Waals surface area contributed by atoms with Crippen LogP contribution in [0.2, 0.25) is 18.1 Å². The number of alkyl halides is 1. The van der Waals surface area contributed by atoms with Gasteiger partial charge in [0, 0.05) is 11.5 Å². The van der Waals surface area contributed by atoms with Crippen molar-refractivity contribution in [1.82, 2.24) is 0 Å². The van der Waals surface area contributed by atoms with Gasteiger partial charge in [-0.15, -0.1) is 11.3 Å². The number of thiophene rings is 1. The zero-order valence-electron chi connectivity index (χ0n) is 17.6. The van der Waals surface area contributed by atoms with E-state index >= 15 is 0 Å². The van der Waals surface area contributed by atoms with Crippen LogP contribution in [0.25, 0.3) is 0 Å². The summed E-state index contributed by atoms with van der Waals surface area (Å²) in [6, 6.07) is 3.80. The number of hydrogen-bond donors (Lipinski definition) is 0. The largest absolute Gasteiger partial charge is 0.465 e. The van der Waals surface area contributed by atoms with Crippen molar-refractivity contribution in [2.75, 3.05) is 13.7 Å². The van der Waals surface area contributed by atoms with Gasteiger partial charge in [-0.05, 0) is 74.2 Å². The second kappa shape index (κ2) is 9.18. The van der Waals surface area contributed by atoms with Crippen molar-refractivity contribution in [3.8, 4) is 0 Å². The summed E-state index contributed by atoms with van der Waals surface area (Å²) in [7, 11) is -0.386. The van der Waals surface area contributed by atoms with Crippen molar-refractivity contribution < 1.29 is 18.3 Å². The number of methoxy groups -OCH3 is 1. The van der Waals surface area contributed by atoms with Crippen molar-refractivity contribution in [3.63, 3.8) is 0 Å². The maximum absolute atomic E-state index is 14.5. The van der Waals surface area contributed by atoms with Crippen LogP contribution in [0.1, 0.15) is 61.0 Å². The smallest absolute Gasteiger partial charge is 0.348 e. The molecule has 0 saturated heterocycles. The number of aryl methyl sites for hydroxylation is 1. The van der Waals surface area contributed by atoms with Crippen LogP contribution in [0, 0.1) is 11.8 Å². The number of ether oxygens (including phenoxy) is 1. The fourth-order valence-corrected chi connectivity index (χ4v) is 5.52. The first-order chi connectivity index (χ1) is 12.5. The standard InChI is InChI=1S/C21H35FO3SSi/c1-21(2,3)27(5,6)25-14-15-10-12-18(22)17(15)9-7-8-16-11-13-19(26-16)20(23)24-4/h11,13,15,17-18H,7-10,12,14H2,1-6H3/t15-,17-,18-/m1/s1. The number of esters is 1. The molecule has 0 unspecified atom stereocenters. The maximum atomic E-state index is 14.5. The zero-order valence-corrected chi connectivity index (χ0v) is 19.5. The first kappa shape index (κ1) is 22.6. The summed E-state index contributed by atoms with van der Waals surface area (Å²) in [5, 5.41) is 0.187. The second-order valence-electron chi connectivity index (χ2n) is 9.24. The van der Waals surface area contributed by atoms with E-state index in [0.29, 0.717) is 23.8 Å². The molecule has 1 heterocycles. The Morgan fingerprint density at radius 1 is 1.30 bits per heavy atom. The third-order valence-electron chi connectivity index (χ3n) is 6.36. The Morgan fingerprint density at radius 2 is 2.00 bits per heavy atom. The first-order valence-electron chi connectivity index (χ1n) is 10.00. The Kier molecular flexibility index (Phi) is 7.67. The normalized spacial score (nSPS) is 23.6. The first-order valence-corrected chi connectivity index (χ1v) is 13.7. The molecule has 2 rings (SSSR count). The lowest BCUT2D eigenvalue weighted by molar-refractivity contribution is 0.0606. The molecule has 1 aromatic rings. The lowest BCUT2D eigenvalue weighted by Gasteiger charge is -2.37. The molecule has 1 saturated carbocycles. The Bertz CT molecular complexity index is 623. The van der Waals surface area contributed by atoms with Crippen LogP contribution in [0.5, 0.6) is 0 Å². The molecule has 1 aliphatic rings. The van der Waals surface area contributed by atoms with E-state index in [0.717, 1.165) is 30.6 Å². The summed E-state index contributed by atoms with van der Waals surface area (Å²) in [5.41, 5.74) is 0. The van der Waals surface area contributed by atoms with Gasteiger partial charge in [0.15, 0.2) is 8.32 Å². The summed E-state index contributed by atoms with van der Waals surface area (Å²) >= 11 is 1.48. The molecule has 0 N–H and O–H groups in total. The molecule has 0 aromatic carbocycles. The number of hydrogen-bond acceptors (Lipinski definition) is 4. The molecule has 1 aromatic heterocycles. The second-order valence-corrected chi connectivity index (χ2v) is 15.2. The van der Waals surface area contributed by atoms with Crippen LogP contribution in [-0.2, 0) is 15.6 Å². The Morgan fingerprint density at radius 3 is 2.63 bits per heavy atom. The molecular weight excluding hydrogens is 379 g/mol. The molecule has 3 nitrogen and oxygen atoms in total. The van der Waals surface area contributed by atoms with Crippen LogP contribution in [0.3, 0.4) is 0 Å². The molecule has 6 heteroatoms. The fourth-order valence-electron chi connectivity index (χ4n) is 3.49. The van der Waals surface area contributed by atoms with Crippen molar-refractivity contribution in [1.29, 1.82) is 0 Å². The van der Waals surface area contributed by atoms with Crippen molar-refractivity contribution in [2.45, 2.75) is 77.2 Å². The van der Waals surface area contributed by atoms with E-state index in [2.05, 4.69) is 33.9 Å². The Labute approximate surface area is 168 Å². The van der Waals surface area contributed by atoms with Crippen molar-refractivity contribution in [2.24, 2.45) is 11.8 Å². The molecule has 1 aliphatic carbocycles. The van der Waals surface area contributed by atoms with Gasteiger partial charge in [-0.3, -0.25) is 0 Å². The van der Waals surface area contributed by atoms with Crippen LogP contribution in [0.15, 0.2) is 12.1 Å². The van der Waals surface area contributed by atoms with E-state index in [1.54, 1.807) is 0 Å². The third kappa shape index (κ3) is 5.88. The van der Waals surface area contributed by atoms with Gasteiger partial charge in [-0.2, -0.15) is 0 Å². The highest BCUT2D eigenvalue weighted by Crippen LogP contribution is 2.41. The molecular formula is C21H35FO3SSi. The van der Waals surface area contributed by atoms with Gasteiger partial charge < -0.3 is 9.16 Å². The summed E-state index contributed by atoms with van der Waals surface area (Å²) in [4.78, 5) is 13.3. The molecule has 27 heavy (non-hydrogen) atoms. The topological polar surface area (TPSA) is 35.5 Å². The zero-order chi connectivity index (χ0) is 20.2. The highest BCUT2D eigenvalue weighted by molar-refractivity contribution is 7.13. The Balaban J connectivity index is 1.85. The van der Waals surface area contributed by atoms with Crippen LogP contribution >= 0.6 is 11.3 Å². The summed E-state index contributed by atoms with van der Waals surface area (Å²) < 4.78 is 25.6. The van der Waals surface area contributed by atoms with E-state index in [1.807, 2.05) is 12.1 Å². The van der Waals surface area contributed by atoms with Gasteiger partial charge in [0.2, 0.25) is 0 Å².